The molecule has 0 saturated carbocycles. The van der Waals surface area contributed by atoms with Crippen molar-refractivity contribution in [2.45, 2.75) is 143 Å². The van der Waals surface area contributed by atoms with Gasteiger partial charge in [0.2, 0.25) is 29.5 Å². The van der Waals surface area contributed by atoms with Crippen molar-refractivity contribution in [3.8, 4) is 5.75 Å². The van der Waals surface area contributed by atoms with Crippen LogP contribution in [0.3, 0.4) is 0 Å². The van der Waals surface area contributed by atoms with Gasteiger partial charge < -0.3 is 46.6 Å². The highest BCUT2D eigenvalue weighted by atomic mass is 16.5. The molecule has 0 aromatic heterocycles. The number of carbonyl (C=O) groups is 6. The first-order valence-corrected chi connectivity index (χ1v) is 18.8. The van der Waals surface area contributed by atoms with Crippen LogP contribution in [-0.2, 0) is 35.2 Å². The summed E-state index contributed by atoms with van der Waals surface area (Å²) < 4.78 is 5.22. The third kappa shape index (κ3) is 18.2. The van der Waals surface area contributed by atoms with Crippen LogP contribution in [0.5, 0.6) is 5.75 Å². The van der Waals surface area contributed by atoms with Gasteiger partial charge >= 0.3 is 5.97 Å². The van der Waals surface area contributed by atoms with Crippen molar-refractivity contribution in [3.05, 3.63) is 29.8 Å². The van der Waals surface area contributed by atoms with Crippen molar-refractivity contribution in [2.24, 2.45) is 23.7 Å². The molecule has 5 amide bonds. The number of aliphatic carboxylic acids is 1. The number of carboxylic acids is 1. The van der Waals surface area contributed by atoms with Crippen LogP contribution in [0.25, 0.3) is 0 Å². The molecule has 54 heavy (non-hydrogen) atoms. The molecule has 0 saturated heterocycles. The third-order valence-electron chi connectivity index (χ3n) is 8.68. The van der Waals surface area contributed by atoms with Gasteiger partial charge in [-0.2, -0.15) is 0 Å². The molecular weight excluding hydrogens is 698 g/mol. The number of nitrogens with one attached hydrogen (secondary N) is 5. The SMILES string of the molecule is COc1ccc(C[C@H](NC(=O)CC(C)C)C(=O)N[C@H](C(=O)N[C@@H](CC(C)C)[C@@H](O)CC(=O)N[C@@H](C)C(=O)N[C@@H](CC(C)C)[C@@H](O)CC(=O)O)C(C)C)cc1. The lowest BCUT2D eigenvalue weighted by Crippen LogP contribution is -2.58. The van der Waals surface area contributed by atoms with Crippen LogP contribution in [-0.4, -0.2) is 100 Å². The van der Waals surface area contributed by atoms with Crippen molar-refractivity contribution < 1.29 is 48.8 Å². The zero-order valence-electron chi connectivity index (χ0n) is 33.6. The number of aliphatic hydroxyl groups is 2. The fourth-order valence-electron chi connectivity index (χ4n) is 5.86. The van der Waals surface area contributed by atoms with E-state index in [2.05, 4.69) is 26.6 Å². The van der Waals surface area contributed by atoms with Gasteiger partial charge in [0.25, 0.3) is 0 Å². The number of carboxylic acid groups (broad SMARTS) is 1. The number of benzene rings is 1. The van der Waals surface area contributed by atoms with E-state index in [1.165, 1.54) is 6.92 Å². The molecule has 8 N–H and O–H groups in total. The van der Waals surface area contributed by atoms with Crippen molar-refractivity contribution in [3.63, 3.8) is 0 Å². The van der Waals surface area contributed by atoms with E-state index in [4.69, 9.17) is 9.84 Å². The Bertz CT molecular complexity index is 1370. The van der Waals surface area contributed by atoms with Gasteiger partial charge in [0, 0.05) is 12.8 Å². The second-order valence-corrected chi connectivity index (χ2v) is 15.7. The van der Waals surface area contributed by atoms with Crippen molar-refractivity contribution in [1.29, 1.82) is 0 Å². The van der Waals surface area contributed by atoms with Gasteiger partial charge in [0.05, 0.1) is 44.2 Å². The maximum Gasteiger partial charge on any atom is 0.306 e. The minimum Gasteiger partial charge on any atom is -0.497 e. The van der Waals surface area contributed by atoms with Crippen LogP contribution in [0.15, 0.2) is 24.3 Å². The first-order valence-electron chi connectivity index (χ1n) is 18.8. The fourth-order valence-corrected chi connectivity index (χ4v) is 5.86. The monoisotopic (exact) mass is 763 g/mol. The maximum absolute atomic E-state index is 13.7. The zero-order valence-corrected chi connectivity index (χ0v) is 33.6. The number of rotatable bonds is 24. The van der Waals surface area contributed by atoms with Crippen LogP contribution >= 0.6 is 0 Å². The molecule has 0 radical (unpaired) electrons. The number of amides is 5. The van der Waals surface area contributed by atoms with Crippen LogP contribution in [0, 0.1) is 23.7 Å². The average Bonchev–Trinajstić information content (AvgIpc) is 3.04. The standard InChI is InChI=1S/C39H65N5O10/c1-21(2)15-28(31(45)19-34(48)40-25(9)37(51)42-29(16-22(3)4)32(46)20-35(49)50)43-39(53)36(24(7)8)44-38(52)30(41-33(47)17-23(5)6)18-26-11-13-27(54-10)14-12-26/h11-14,21-25,28-32,36,45-46H,15-20H2,1-10H3,(H,40,48)(H,41,47)(H,42,51)(H,43,53)(H,44,52)(H,49,50)/t25-,28-,29-,30-,31-,32-,36-/m0/s1. The highest BCUT2D eigenvalue weighted by Gasteiger charge is 2.33. The van der Waals surface area contributed by atoms with Gasteiger partial charge in [-0.25, -0.2) is 0 Å². The maximum atomic E-state index is 13.7. The molecular formula is C39H65N5O10. The second-order valence-electron chi connectivity index (χ2n) is 15.7. The number of aliphatic hydroxyl groups excluding tert-OH is 2. The summed E-state index contributed by atoms with van der Waals surface area (Å²) in [6.07, 6.45) is -2.75. The van der Waals surface area contributed by atoms with E-state index in [0.717, 1.165) is 5.56 Å². The molecule has 0 aliphatic heterocycles. The van der Waals surface area contributed by atoms with Gasteiger partial charge in [-0.3, -0.25) is 28.8 Å². The van der Waals surface area contributed by atoms with E-state index in [1.54, 1.807) is 45.2 Å². The Morgan fingerprint density at radius 2 is 1.11 bits per heavy atom. The largest absolute Gasteiger partial charge is 0.497 e. The Balaban J connectivity index is 3.07. The molecule has 1 rings (SSSR count). The zero-order chi connectivity index (χ0) is 41.3. The highest BCUT2D eigenvalue weighted by molar-refractivity contribution is 5.92. The van der Waals surface area contributed by atoms with Crippen LogP contribution in [0.4, 0.5) is 0 Å². The van der Waals surface area contributed by atoms with Crippen molar-refractivity contribution in [2.75, 3.05) is 7.11 Å². The highest BCUT2D eigenvalue weighted by Crippen LogP contribution is 2.16. The molecule has 7 atom stereocenters. The Morgan fingerprint density at radius 3 is 1.57 bits per heavy atom. The molecule has 1 aromatic rings. The van der Waals surface area contributed by atoms with E-state index in [-0.39, 0.29) is 36.5 Å². The molecule has 0 unspecified atom stereocenters. The summed E-state index contributed by atoms with van der Waals surface area (Å²) in [5.41, 5.74) is 0.766. The molecule has 15 heteroatoms. The number of methoxy groups -OCH3 is 1. The minimum atomic E-state index is -1.36. The van der Waals surface area contributed by atoms with E-state index in [9.17, 15) is 39.0 Å². The summed E-state index contributed by atoms with van der Waals surface area (Å²) in [4.78, 5) is 77.3. The first-order chi connectivity index (χ1) is 25.1. The Morgan fingerprint density at radius 1 is 0.611 bits per heavy atom. The quantitative estimate of drug-likeness (QED) is 0.0764. The summed E-state index contributed by atoms with van der Waals surface area (Å²) in [5, 5.41) is 44.2. The number of carbonyl (C=O) groups excluding carboxylic acids is 5. The molecule has 0 spiro atoms. The van der Waals surface area contributed by atoms with E-state index < -0.39 is 90.8 Å². The lowest BCUT2D eigenvalue weighted by atomic mass is 9.95. The lowest BCUT2D eigenvalue weighted by molar-refractivity contribution is -0.140. The van der Waals surface area contributed by atoms with Gasteiger partial charge in [-0.1, -0.05) is 67.5 Å². The van der Waals surface area contributed by atoms with Crippen LogP contribution in [0.1, 0.15) is 100.0 Å². The van der Waals surface area contributed by atoms with Gasteiger partial charge in [-0.05, 0) is 61.1 Å². The van der Waals surface area contributed by atoms with Crippen LogP contribution < -0.4 is 31.3 Å². The fraction of sp³-hybridized carbons (Fsp3) is 0.692. The third-order valence-corrected chi connectivity index (χ3v) is 8.68. The van der Waals surface area contributed by atoms with Crippen LogP contribution in [0.2, 0.25) is 0 Å². The summed E-state index contributed by atoms with van der Waals surface area (Å²) in [7, 11) is 1.54. The van der Waals surface area contributed by atoms with Gasteiger partial charge in [-0.15, -0.1) is 0 Å². The Kier molecular flexibility index (Phi) is 20.8. The smallest absolute Gasteiger partial charge is 0.306 e. The molecule has 15 nitrogen and oxygen atoms in total. The number of hydrogen-bond donors (Lipinski definition) is 8. The predicted octanol–water partition coefficient (Wildman–Crippen LogP) is 2.06. The molecule has 0 fully saturated rings. The second kappa shape index (κ2) is 23.5. The molecule has 0 heterocycles. The summed E-state index contributed by atoms with van der Waals surface area (Å²) in [6, 6.07) is 2.21. The van der Waals surface area contributed by atoms with E-state index in [0.29, 0.717) is 18.6 Å². The summed E-state index contributed by atoms with van der Waals surface area (Å²) in [6.45, 7) is 16.2. The molecule has 1 aromatic carbocycles. The van der Waals surface area contributed by atoms with E-state index in [1.807, 2.05) is 41.5 Å². The first kappa shape index (κ1) is 47.8. The number of hydrogen-bond acceptors (Lipinski definition) is 9. The van der Waals surface area contributed by atoms with Gasteiger partial charge in [0.15, 0.2) is 0 Å². The average molecular weight is 764 g/mol. The summed E-state index contributed by atoms with van der Waals surface area (Å²) in [5.74, 6) is -3.65. The van der Waals surface area contributed by atoms with E-state index >= 15 is 0 Å². The number of ether oxygens (including phenoxy) is 1. The lowest BCUT2D eigenvalue weighted by Gasteiger charge is -2.30. The Labute approximate surface area is 320 Å². The molecule has 0 aliphatic rings. The normalized spacial score (nSPS) is 15.4. The predicted molar refractivity (Wildman–Crippen MR) is 204 cm³/mol. The van der Waals surface area contributed by atoms with Crippen molar-refractivity contribution in [1.82, 2.24) is 26.6 Å². The molecule has 0 bridgehead atoms. The topological polar surface area (TPSA) is 232 Å². The summed E-state index contributed by atoms with van der Waals surface area (Å²) >= 11 is 0. The van der Waals surface area contributed by atoms with Gasteiger partial charge in [0.1, 0.15) is 23.9 Å². The molecule has 0 aliphatic carbocycles. The molecule has 306 valence electrons. The Hall–Kier alpha value is -4.24. The van der Waals surface area contributed by atoms with Crippen molar-refractivity contribution >= 4 is 35.5 Å². The minimum absolute atomic E-state index is 0.00929.